The highest BCUT2D eigenvalue weighted by Gasteiger charge is 2.50. The Morgan fingerprint density at radius 2 is 1.86 bits per heavy atom. The van der Waals surface area contributed by atoms with Crippen molar-refractivity contribution in [3.8, 4) is 5.75 Å². The number of nitrogens with zero attached hydrogens (tertiary/aromatic N) is 3. The summed E-state index contributed by atoms with van der Waals surface area (Å²) in [6, 6.07) is 7.95. The Hall–Kier alpha value is -2.83. The molecule has 1 aromatic carbocycles. The van der Waals surface area contributed by atoms with Gasteiger partial charge in [-0.25, -0.2) is 0 Å². The number of piperazine rings is 1. The van der Waals surface area contributed by atoms with Gasteiger partial charge in [-0.3, -0.25) is 14.6 Å². The number of carbonyl (C=O) groups excluding carboxylic acids is 2. The minimum absolute atomic E-state index is 0.114. The van der Waals surface area contributed by atoms with Crippen LogP contribution in [0.15, 0.2) is 41.1 Å². The Bertz CT molecular complexity index is 958. The summed E-state index contributed by atoms with van der Waals surface area (Å²) in [4.78, 5) is 29.4. The van der Waals surface area contributed by atoms with Gasteiger partial charge in [0.2, 0.25) is 5.91 Å². The molecule has 1 N–H and O–H groups in total. The second kappa shape index (κ2) is 11.9. The first-order chi connectivity index (χ1) is 17.1. The number of hydrogen-bond donors (Lipinski definition) is 1. The summed E-state index contributed by atoms with van der Waals surface area (Å²) in [7, 11) is 0. The van der Waals surface area contributed by atoms with Crippen LogP contribution in [-0.4, -0.2) is 52.7 Å². The van der Waals surface area contributed by atoms with Gasteiger partial charge in [0.1, 0.15) is 17.0 Å². The van der Waals surface area contributed by atoms with Crippen LogP contribution in [0.1, 0.15) is 85.6 Å². The number of ether oxygens (including phenoxy) is 1. The normalized spacial score (nSPS) is 22.9. The molecule has 2 amide bonds. The predicted molar refractivity (Wildman–Crippen MR) is 145 cm³/mol. The summed E-state index contributed by atoms with van der Waals surface area (Å²) in [5.74, 6) is 0.499. The van der Waals surface area contributed by atoms with E-state index in [4.69, 9.17) is 4.74 Å². The Balaban J connectivity index is 1.92. The number of hydrogen-bond acceptors (Lipinski definition) is 5. The molecule has 3 rings (SSSR count). The summed E-state index contributed by atoms with van der Waals surface area (Å²) >= 11 is 0. The van der Waals surface area contributed by atoms with Gasteiger partial charge in [0.15, 0.2) is 0 Å². The van der Waals surface area contributed by atoms with E-state index in [1.807, 2.05) is 44.3 Å². The van der Waals surface area contributed by atoms with E-state index < -0.39 is 5.54 Å². The van der Waals surface area contributed by atoms with E-state index in [0.717, 1.165) is 43.4 Å². The SMILES string of the molecule is C/C=C1/C(=O)N(Cc2ccc(OCCC)cc2)C(C)(C(=O)NC2CCCCC2)CN1/N=C/C(C)(C)C. The average molecular weight is 497 g/mol. The number of benzene rings is 1. The van der Waals surface area contributed by atoms with Gasteiger partial charge in [0, 0.05) is 18.8 Å². The molecule has 1 saturated carbocycles. The van der Waals surface area contributed by atoms with Crippen molar-refractivity contribution in [1.29, 1.82) is 0 Å². The zero-order chi connectivity index (χ0) is 26.3. The van der Waals surface area contributed by atoms with E-state index in [-0.39, 0.29) is 23.3 Å². The van der Waals surface area contributed by atoms with E-state index >= 15 is 0 Å². The van der Waals surface area contributed by atoms with Crippen molar-refractivity contribution in [2.45, 2.75) is 98.2 Å². The van der Waals surface area contributed by atoms with E-state index in [9.17, 15) is 9.59 Å². The first kappa shape index (κ1) is 27.8. The fourth-order valence-electron chi connectivity index (χ4n) is 4.68. The molecule has 1 aromatic rings. The standard InChI is InChI=1S/C29H44N4O3/c1-7-18-36-24-16-14-22(15-17-24)19-32-26(34)25(8-2)33(30-20-28(3,4)5)21-29(32,6)27(35)31-23-12-10-9-11-13-23/h8,14-17,20,23H,7,9-13,18-19,21H2,1-6H3,(H,31,35)/b25-8-,30-20+. The first-order valence-electron chi connectivity index (χ1n) is 13.4. The molecule has 198 valence electrons. The van der Waals surface area contributed by atoms with Gasteiger partial charge >= 0.3 is 0 Å². The summed E-state index contributed by atoms with van der Waals surface area (Å²) in [6.07, 6.45) is 10.0. The summed E-state index contributed by atoms with van der Waals surface area (Å²) in [5, 5.41) is 9.63. The maximum absolute atomic E-state index is 13.9. The number of nitrogens with one attached hydrogen (secondary N) is 1. The van der Waals surface area contributed by atoms with E-state index in [2.05, 4.69) is 38.1 Å². The molecule has 1 aliphatic carbocycles. The lowest BCUT2D eigenvalue weighted by atomic mass is 9.90. The molecule has 1 aliphatic heterocycles. The fraction of sp³-hybridized carbons (Fsp3) is 0.621. The van der Waals surface area contributed by atoms with Crippen molar-refractivity contribution >= 4 is 18.0 Å². The molecule has 36 heavy (non-hydrogen) atoms. The molecule has 1 atom stereocenters. The smallest absolute Gasteiger partial charge is 0.272 e. The molecular weight excluding hydrogens is 452 g/mol. The van der Waals surface area contributed by atoms with Gasteiger partial charge in [0.05, 0.1) is 13.2 Å². The van der Waals surface area contributed by atoms with E-state index in [1.165, 1.54) is 6.42 Å². The molecule has 1 unspecified atom stereocenters. The molecule has 0 spiro atoms. The second-order valence-corrected chi connectivity index (χ2v) is 11.3. The molecule has 1 heterocycles. The van der Waals surface area contributed by atoms with Gasteiger partial charge in [-0.05, 0) is 56.2 Å². The molecule has 7 heteroatoms. The van der Waals surface area contributed by atoms with Crippen LogP contribution in [0.3, 0.4) is 0 Å². The van der Waals surface area contributed by atoms with Crippen molar-refractivity contribution in [2.75, 3.05) is 13.2 Å². The van der Waals surface area contributed by atoms with Gasteiger partial charge < -0.3 is 15.0 Å². The monoisotopic (exact) mass is 496 g/mol. The highest BCUT2D eigenvalue weighted by atomic mass is 16.5. The number of allylic oxidation sites excluding steroid dienone is 1. The third kappa shape index (κ3) is 6.89. The van der Waals surface area contributed by atoms with Crippen LogP contribution in [-0.2, 0) is 16.1 Å². The molecule has 7 nitrogen and oxygen atoms in total. The van der Waals surface area contributed by atoms with Crippen molar-refractivity contribution in [2.24, 2.45) is 10.5 Å². The van der Waals surface area contributed by atoms with E-state index in [0.29, 0.717) is 25.4 Å². The number of carbonyl (C=O) groups is 2. The Kier molecular flexibility index (Phi) is 9.20. The lowest BCUT2D eigenvalue weighted by Gasteiger charge is -2.48. The minimum atomic E-state index is -1.08. The molecule has 2 fully saturated rings. The summed E-state index contributed by atoms with van der Waals surface area (Å²) in [6.45, 7) is 13.3. The average Bonchev–Trinajstić information content (AvgIpc) is 2.85. The van der Waals surface area contributed by atoms with Crippen LogP contribution >= 0.6 is 0 Å². The summed E-state index contributed by atoms with van der Waals surface area (Å²) in [5.41, 5.74) is 0.210. The number of rotatable bonds is 8. The van der Waals surface area contributed by atoms with Crippen LogP contribution in [0.25, 0.3) is 0 Å². The molecular formula is C29H44N4O3. The lowest BCUT2D eigenvalue weighted by molar-refractivity contribution is -0.152. The molecule has 0 radical (unpaired) electrons. The van der Waals surface area contributed by atoms with Gasteiger partial charge in [0.25, 0.3) is 5.91 Å². The van der Waals surface area contributed by atoms with Gasteiger partial charge in [-0.15, -0.1) is 0 Å². The van der Waals surface area contributed by atoms with E-state index in [1.54, 1.807) is 16.0 Å². The Morgan fingerprint density at radius 3 is 2.44 bits per heavy atom. The Labute approximate surface area is 216 Å². The van der Waals surface area contributed by atoms with Crippen molar-refractivity contribution in [1.82, 2.24) is 15.2 Å². The van der Waals surface area contributed by atoms with Crippen LogP contribution < -0.4 is 10.1 Å². The topological polar surface area (TPSA) is 74.2 Å². The maximum atomic E-state index is 13.9. The zero-order valence-electron chi connectivity index (χ0n) is 23.0. The Morgan fingerprint density at radius 1 is 1.19 bits per heavy atom. The molecule has 2 aliphatic rings. The van der Waals surface area contributed by atoms with Crippen LogP contribution in [0, 0.1) is 5.41 Å². The van der Waals surface area contributed by atoms with Crippen LogP contribution in [0.5, 0.6) is 5.75 Å². The fourth-order valence-corrected chi connectivity index (χ4v) is 4.68. The van der Waals surface area contributed by atoms with Gasteiger partial charge in [-0.1, -0.05) is 65.2 Å². The minimum Gasteiger partial charge on any atom is -0.494 e. The predicted octanol–water partition coefficient (Wildman–Crippen LogP) is 5.26. The highest BCUT2D eigenvalue weighted by molar-refractivity contribution is 6.00. The molecule has 1 saturated heterocycles. The first-order valence-corrected chi connectivity index (χ1v) is 13.4. The zero-order valence-corrected chi connectivity index (χ0v) is 23.0. The second-order valence-electron chi connectivity index (χ2n) is 11.3. The summed E-state index contributed by atoms with van der Waals surface area (Å²) < 4.78 is 5.71. The quantitative estimate of drug-likeness (QED) is 0.393. The number of amides is 2. The van der Waals surface area contributed by atoms with Crippen molar-refractivity contribution in [3.05, 3.63) is 41.6 Å². The van der Waals surface area contributed by atoms with Crippen LogP contribution in [0.2, 0.25) is 0 Å². The molecule has 0 aromatic heterocycles. The van der Waals surface area contributed by atoms with Crippen LogP contribution in [0.4, 0.5) is 0 Å². The molecule has 0 bridgehead atoms. The highest BCUT2D eigenvalue weighted by Crippen LogP contribution is 2.32. The largest absolute Gasteiger partial charge is 0.494 e. The third-order valence-corrected chi connectivity index (χ3v) is 6.82. The van der Waals surface area contributed by atoms with Crippen molar-refractivity contribution in [3.63, 3.8) is 0 Å². The number of hydrazone groups is 1. The van der Waals surface area contributed by atoms with Crippen molar-refractivity contribution < 1.29 is 14.3 Å². The van der Waals surface area contributed by atoms with Gasteiger partial charge in [-0.2, -0.15) is 5.10 Å². The third-order valence-electron chi connectivity index (χ3n) is 6.82. The maximum Gasteiger partial charge on any atom is 0.272 e. The lowest BCUT2D eigenvalue weighted by Crippen LogP contribution is -2.68.